The first-order valence-corrected chi connectivity index (χ1v) is 11.3. The van der Waals surface area contributed by atoms with Crippen LogP contribution >= 0.6 is 0 Å². The molecule has 0 atom stereocenters. The van der Waals surface area contributed by atoms with Crippen LogP contribution in [-0.2, 0) is 5.41 Å². The van der Waals surface area contributed by atoms with Gasteiger partial charge in [0.15, 0.2) is 0 Å². The number of hydrogen-bond donors (Lipinski definition) is 2. The molecule has 4 aromatic rings. The Morgan fingerprint density at radius 3 is 2.49 bits per heavy atom. The topological polar surface area (TPSA) is 89.0 Å². The maximum atomic E-state index is 13.2. The SMILES string of the molecule is COc1ccc(C(C)(C)C)cc1NC(=O)c1ccc(C)c(Nc2ncccc2-c2ccncn2)c1. The Kier molecular flexibility index (Phi) is 6.78. The van der Waals surface area contributed by atoms with Crippen LogP contribution in [0, 0.1) is 6.92 Å². The first-order valence-electron chi connectivity index (χ1n) is 11.3. The maximum absolute atomic E-state index is 13.2. The van der Waals surface area contributed by atoms with Crippen molar-refractivity contribution in [3.05, 3.63) is 90.0 Å². The van der Waals surface area contributed by atoms with Gasteiger partial charge in [-0.3, -0.25) is 4.79 Å². The molecule has 2 aromatic heterocycles. The number of aromatic nitrogens is 3. The molecule has 1 amide bonds. The Morgan fingerprint density at radius 2 is 1.77 bits per heavy atom. The van der Waals surface area contributed by atoms with Gasteiger partial charge in [-0.25, -0.2) is 15.0 Å². The van der Waals surface area contributed by atoms with E-state index in [4.69, 9.17) is 4.74 Å². The molecule has 0 saturated carbocycles. The van der Waals surface area contributed by atoms with Crippen molar-refractivity contribution in [1.29, 1.82) is 0 Å². The van der Waals surface area contributed by atoms with E-state index in [1.165, 1.54) is 6.33 Å². The van der Waals surface area contributed by atoms with E-state index >= 15 is 0 Å². The molecule has 0 aliphatic rings. The molecule has 0 radical (unpaired) electrons. The van der Waals surface area contributed by atoms with E-state index in [1.807, 2.05) is 55.5 Å². The predicted octanol–water partition coefficient (Wildman–Crippen LogP) is 6.15. The van der Waals surface area contributed by atoms with E-state index in [0.29, 0.717) is 22.8 Å². The summed E-state index contributed by atoms with van der Waals surface area (Å²) in [6, 6.07) is 17.0. The molecule has 0 aliphatic heterocycles. The number of rotatable bonds is 6. The zero-order valence-corrected chi connectivity index (χ0v) is 20.6. The average Bonchev–Trinajstić information content (AvgIpc) is 2.85. The first-order chi connectivity index (χ1) is 16.8. The summed E-state index contributed by atoms with van der Waals surface area (Å²) in [6.07, 6.45) is 4.91. The van der Waals surface area contributed by atoms with Crippen LogP contribution in [0.5, 0.6) is 5.75 Å². The van der Waals surface area contributed by atoms with Crippen LogP contribution in [0.2, 0.25) is 0 Å². The fraction of sp³-hybridized carbons (Fsp3) is 0.214. The van der Waals surface area contributed by atoms with E-state index < -0.39 is 0 Å². The van der Waals surface area contributed by atoms with Crippen molar-refractivity contribution in [1.82, 2.24) is 15.0 Å². The summed E-state index contributed by atoms with van der Waals surface area (Å²) in [7, 11) is 1.59. The summed E-state index contributed by atoms with van der Waals surface area (Å²) in [5.74, 6) is 1.03. The van der Waals surface area contributed by atoms with Crippen molar-refractivity contribution >= 4 is 23.1 Å². The highest BCUT2D eigenvalue weighted by Crippen LogP contribution is 2.32. The number of hydrogen-bond acceptors (Lipinski definition) is 6. The van der Waals surface area contributed by atoms with E-state index in [-0.39, 0.29) is 11.3 Å². The number of nitrogens with zero attached hydrogens (tertiary/aromatic N) is 3. The third-order valence-electron chi connectivity index (χ3n) is 5.73. The van der Waals surface area contributed by atoms with Crippen LogP contribution in [-0.4, -0.2) is 28.0 Å². The molecule has 4 rings (SSSR count). The number of benzene rings is 2. The molecule has 2 N–H and O–H groups in total. The van der Waals surface area contributed by atoms with Gasteiger partial charge in [-0.05, 0) is 65.9 Å². The van der Waals surface area contributed by atoms with E-state index in [1.54, 1.807) is 25.6 Å². The van der Waals surface area contributed by atoms with Crippen LogP contribution < -0.4 is 15.4 Å². The van der Waals surface area contributed by atoms with Gasteiger partial charge in [0.2, 0.25) is 0 Å². The monoisotopic (exact) mass is 467 g/mol. The minimum atomic E-state index is -0.227. The molecule has 2 aromatic carbocycles. The van der Waals surface area contributed by atoms with Crippen molar-refractivity contribution in [2.24, 2.45) is 0 Å². The third kappa shape index (κ3) is 5.46. The minimum absolute atomic E-state index is 0.0588. The molecule has 35 heavy (non-hydrogen) atoms. The second kappa shape index (κ2) is 9.93. The number of aryl methyl sites for hydroxylation is 1. The lowest BCUT2D eigenvalue weighted by molar-refractivity contribution is 0.102. The molecule has 0 bridgehead atoms. The van der Waals surface area contributed by atoms with Crippen molar-refractivity contribution < 1.29 is 9.53 Å². The van der Waals surface area contributed by atoms with E-state index in [9.17, 15) is 4.79 Å². The molecule has 0 unspecified atom stereocenters. The molecule has 7 nitrogen and oxygen atoms in total. The third-order valence-corrected chi connectivity index (χ3v) is 5.73. The molecule has 0 aliphatic carbocycles. The second-order valence-electron chi connectivity index (χ2n) is 9.27. The Balaban J connectivity index is 1.63. The van der Waals surface area contributed by atoms with Crippen LogP contribution in [0.25, 0.3) is 11.3 Å². The molecule has 0 saturated heterocycles. The minimum Gasteiger partial charge on any atom is -0.495 e. The second-order valence-corrected chi connectivity index (χ2v) is 9.27. The van der Waals surface area contributed by atoms with Crippen LogP contribution in [0.15, 0.2) is 73.3 Å². The number of anilines is 3. The smallest absolute Gasteiger partial charge is 0.255 e. The van der Waals surface area contributed by atoms with Gasteiger partial charge in [0.1, 0.15) is 17.9 Å². The molecule has 7 heteroatoms. The van der Waals surface area contributed by atoms with Crippen LogP contribution in [0.3, 0.4) is 0 Å². The van der Waals surface area contributed by atoms with Gasteiger partial charge >= 0.3 is 0 Å². The van der Waals surface area contributed by atoms with Gasteiger partial charge in [-0.15, -0.1) is 0 Å². The highest BCUT2D eigenvalue weighted by atomic mass is 16.5. The van der Waals surface area contributed by atoms with Crippen molar-refractivity contribution in [2.45, 2.75) is 33.1 Å². The summed E-state index contributed by atoms with van der Waals surface area (Å²) in [6.45, 7) is 8.37. The summed E-state index contributed by atoms with van der Waals surface area (Å²) < 4.78 is 5.48. The number of carbonyl (C=O) groups is 1. The number of methoxy groups -OCH3 is 1. The fourth-order valence-corrected chi connectivity index (χ4v) is 3.65. The Bertz CT molecular complexity index is 1350. The van der Waals surface area contributed by atoms with Crippen LogP contribution in [0.4, 0.5) is 17.2 Å². The number of nitrogens with one attached hydrogen (secondary N) is 2. The normalized spacial score (nSPS) is 11.1. The Hall–Kier alpha value is -4.26. The Morgan fingerprint density at radius 1 is 0.943 bits per heavy atom. The van der Waals surface area contributed by atoms with E-state index in [2.05, 4.69) is 46.4 Å². The van der Waals surface area contributed by atoms with Crippen molar-refractivity contribution in [3.8, 4) is 17.0 Å². The zero-order chi connectivity index (χ0) is 25.0. The standard InChI is InChI=1S/C28H29N5O2/c1-18-8-9-19(27(34)33-24-16-20(28(2,3)4)10-11-25(24)35-5)15-23(18)32-26-21(7-6-13-30-26)22-12-14-29-17-31-22/h6-17H,1-5H3,(H,30,32)(H,33,34). The predicted molar refractivity (Wildman–Crippen MR) is 139 cm³/mol. The number of carbonyl (C=O) groups excluding carboxylic acids is 1. The lowest BCUT2D eigenvalue weighted by Crippen LogP contribution is -2.16. The molecule has 0 spiro atoms. The van der Waals surface area contributed by atoms with Gasteiger partial charge in [-0.2, -0.15) is 0 Å². The number of ether oxygens (including phenoxy) is 1. The maximum Gasteiger partial charge on any atom is 0.255 e. The number of pyridine rings is 1. The van der Waals surface area contributed by atoms with Gasteiger partial charge in [-0.1, -0.05) is 32.9 Å². The van der Waals surface area contributed by atoms with Gasteiger partial charge in [0.25, 0.3) is 5.91 Å². The fourth-order valence-electron chi connectivity index (χ4n) is 3.65. The summed E-state index contributed by atoms with van der Waals surface area (Å²) in [5, 5.41) is 6.39. The highest BCUT2D eigenvalue weighted by Gasteiger charge is 2.18. The van der Waals surface area contributed by atoms with Gasteiger partial charge < -0.3 is 15.4 Å². The highest BCUT2D eigenvalue weighted by molar-refractivity contribution is 6.06. The number of amides is 1. The van der Waals surface area contributed by atoms with Crippen molar-refractivity contribution in [3.63, 3.8) is 0 Å². The van der Waals surface area contributed by atoms with E-state index in [0.717, 1.165) is 28.1 Å². The summed E-state index contributed by atoms with van der Waals surface area (Å²) >= 11 is 0. The lowest BCUT2D eigenvalue weighted by Gasteiger charge is -2.21. The van der Waals surface area contributed by atoms with Crippen molar-refractivity contribution in [2.75, 3.05) is 17.7 Å². The molecule has 0 fully saturated rings. The van der Waals surface area contributed by atoms with Gasteiger partial charge in [0, 0.05) is 29.2 Å². The molecular weight excluding hydrogens is 438 g/mol. The van der Waals surface area contributed by atoms with Crippen LogP contribution in [0.1, 0.15) is 42.3 Å². The molecule has 178 valence electrons. The largest absolute Gasteiger partial charge is 0.495 e. The lowest BCUT2D eigenvalue weighted by atomic mass is 9.87. The summed E-state index contributed by atoms with van der Waals surface area (Å²) in [5.41, 5.74) is 5.55. The van der Waals surface area contributed by atoms with Gasteiger partial charge in [0.05, 0.1) is 18.5 Å². The quantitative estimate of drug-likeness (QED) is 0.354. The first kappa shape index (κ1) is 23.9. The summed E-state index contributed by atoms with van der Waals surface area (Å²) in [4.78, 5) is 26.1. The Labute approximate surface area is 205 Å². The zero-order valence-electron chi connectivity index (χ0n) is 20.6. The average molecular weight is 468 g/mol. The molecule has 2 heterocycles. The molecular formula is C28H29N5O2.